The first-order valence-electron chi connectivity index (χ1n) is 7.30. The number of halogens is 1. The van der Waals surface area contributed by atoms with Crippen LogP contribution in [0.15, 0.2) is 24.3 Å². The first-order valence-corrected chi connectivity index (χ1v) is 11.3. The van der Waals surface area contributed by atoms with Crippen molar-refractivity contribution in [1.82, 2.24) is 4.31 Å². The van der Waals surface area contributed by atoms with Gasteiger partial charge >= 0.3 is 0 Å². The van der Waals surface area contributed by atoms with E-state index in [0.717, 1.165) is 10.6 Å². The fourth-order valence-corrected chi connectivity index (χ4v) is 5.76. The number of sulfonamides is 1. The number of nitrogens with one attached hydrogen (secondary N) is 1. The molecule has 1 amide bonds. The summed E-state index contributed by atoms with van der Waals surface area (Å²) in [7, 11) is -6.83. The zero-order valence-corrected chi connectivity index (χ0v) is 15.5. The third-order valence-electron chi connectivity index (χ3n) is 3.75. The van der Waals surface area contributed by atoms with Gasteiger partial charge < -0.3 is 5.32 Å². The summed E-state index contributed by atoms with van der Waals surface area (Å²) >= 11 is 5.95. The molecule has 1 fully saturated rings. The number of hydrogen-bond donors (Lipinski definition) is 1. The molecule has 7 nitrogen and oxygen atoms in total. The minimum Gasteiger partial charge on any atom is -0.325 e. The number of rotatable bonds is 6. The molecule has 1 aliphatic heterocycles. The van der Waals surface area contributed by atoms with Crippen molar-refractivity contribution in [3.63, 3.8) is 0 Å². The number of nitrogens with zero attached hydrogens (tertiary/aromatic N) is 1. The van der Waals surface area contributed by atoms with Crippen molar-refractivity contribution in [3.05, 3.63) is 29.3 Å². The van der Waals surface area contributed by atoms with Crippen LogP contribution in [0.2, 0.25) is 5.02 Å². The molecule has 1 aromatic rings. The van der Waals surface area contributed by atoms with E-state index >= 15 is 0 Å². The van der Waals surface area contributed by atoms with Crippen LogP contribution in [0.4, 0.5) is 5.69 Å². The van der Waals surface area contributed by atoms with Crippen LogP contribution in [0.3, 0.4) is 0 Å². The maximum Gasteiger partial charge on any atom is 0.225 e. The van der Waals surface area contributed by atoms with E-state index in [2.05, 4.69) is 5.32 Å². The third kappa shape index (κ3) is 5.17. The molecular weight excluding hydrogens is 376 g/mol. The molecule has 24 heavy (non-hydrogen) atoms. The summed E-state index contributed by atoms with van der Waals surface area (Å²) in [5, 5.41) is 3.00. The predicted octanol–water partition coefficient (Wildman–Crippen LogP) is 1.12. The molecule has 1 saturated heterocycles. The van der Waals surface area contributed by atoms with Crippen molar-refractivity contribution >= 4 is 43.1 Å². The Labute approximate surface area is 147 Å². The van der Waals surface area contributed by atoms with E-state index in [1.165, 1.54) is 0 Å². The fourth-order valence-electron chi connectivity index (χ4n) is 2.61. The zero-order chi connectivity index (χ0) is 18.0. The predicted molar refractivity (Wildman–Crippen MR) is 93.3 cm³/mol. The van der Waals surface area contributed by atoms with Gasteiger partial charge in [-0.1, -0.05) is 23.7 Å². The second-order valence-electron chi connectivity index (χ2n) is 5.71. The molecule has 1 aromatic carbocycles. The molecule has 1 heterocycles. The highest BCUT2D eigenvalue weighted by atomic mass is 35.5. The molecular formula is C14H19ClN2O5S2. The molecule has 0 aromatic heterocycles. The summed E-state index contributed by atoms with van der Waals surface area (Å²) in [6.07, 6.45) is 1.18. The minimum absolute atomic E-state index is 0.0322. The lowest BCUT2D eigenvalue weighted by Crippen LogP contribution is -2.42. The van der Waals surface area contributed by atoms with Crippen molar-refractivity contribution in [2.45, 2.75) is 18.9 Å². The van der Waals surface area contributed by atoms with E-state index in [4.69, 9.17) is 11.6 Å². The number of para-hydroxylation sites is 1. The SMILES string of the molecule is CS(=O)(=O)N(CCC(=O)Nc1ccccc1Cl)C1CCS(=O)(=O)C1. The Balaban J connectivity index is 2.01. The maximum absolute atomic E-state index is 12.0. The Morgan fingerprint density at radius 2 is 2.04 bits per heavy atom. The van der Waals surface area contributed by atoms with Crippen LogP contribution >= 0.6 is 11.6 Å². The van der Waals surface area contributed by atoms with Crippen molar-refractivity contribution in [3.8, 4) is 0 Å². The summed E-state index contributed by atoms with van der Waals surface area (Å²) in [6.45, 7) is -0.0741. The lowest BCUT2D eigenvalue weighted by molar-refractivity contribution is -0.116. The first kappa shape index (κ1) is 19.2. The summed E-state index contributed by atoms with van der Waals surface area (Å²) in [5.41, 5.74) is 0.443. The molecule has 134 valence electrons. The number of amides is 1. The second-order valence-corrected chi connectivity index (χ2v) is 10.3. The Kier molecular flexibility index (Phi) is 5.90. The number of benzene rings is 1. The van der Waals surface area contributed by atoms with Crippen LogP contribution in [0.25, 0.3) is 0 Å². The van der Waals surface area contributed by atoms with Crippen LogP contribution < -0.4 is 5.32 Å². The van der Waals surface area contributed by atoms with Crippen molar-refractivity contribution in [2.75, 3.05) is 29.6 Å². The normalized spacial score (nSPS) is 20.2. The number of hydrogen-bond acceptors (Lipinski definition) is 5. The van der Waals surface area contributed by atoms with Crippen LogP contribution in [0, 0.1) is 0 Å². The van der Waals surface area contributed by atoms with Crippen LogP contribution in [-0.2, 0) is 24.7 Å². The van der Waals surface area contributed by atoms with Crippen molar-refractivity contribution in [2.24, 2.45) is 0 Å². The van der Waals surface area contributed by atoms with Crippen LogP contribution in [-0.4, -0.2) is 57.4 Å². The summed E-state index contributed by atoms with van der Waals surface area (Å²) in [4.78, 5) is 12.0. The first-order chi connectivity index (χ1) is 11.1. The van der Waals surface area contributed by atoms with Gasteiger partial charge in [-0.25, -0.2) is 16.8 Å². The van der Waals surface area contributed by atoms with Gasteiger partial charge in [-0.2, -0.15) is 4.31 Å². The topological polar surface area (TPSA) is 101 Å². The van der Waals surface area contributed by atoms with E-state index in [1.807, 2.05) is 0 Å². The van der Waals surface area contributed by atoms with Crippen molar-refractivity contribution < 1.29 is 21.6 Å². The Hall–Kier alpha value is -1.16. The number of carbonyl (C=O) groups excluding carboxylic acids is 1. The van der Waals surface area contributed by atoms with E-state index in [9.17, 15) is 21.6 Å². The van der Waals surface area contributed by atoms with Gasteiger partial charge in [-0.05, 0) is 18.6 Å². The molecule has 0 saturated carbocycles. The van der Waals surface area contributed by atoms with E-state index in [-0.39, 0.29) is 30.9 Å². The molecule has 1 unspecified atom stereocenters. The lowest BCUT2D eigenvalue weighted by Gasteiger charge is -2.25. The van der Waals surface area contributed by atoms with Crippen molar-refractivity contribution in [1.29, 1.82) is 0 Å². The monoisotopic (exact) mass is 394 g/mol. The average molecular weight is 395 g/mol. The smallest absolute Gasteiger partial charge is 0.225 e. The van der Waals surface area contributed by atoms with Gasteiger partial charge in [0, 0.05) is 19.0 Å². The standard InChI is InChI=1S/C14H19ClN2O5S2/c1-23(19,20)17(11-7-9-24(21,22)10-11)8-6-14(18)16-13-5-3-2-4-12(13)15/h2-5,11H,6-10H2,1H3,(H,16,18). The summed E-state index contributed by atoms with van der Waals surface area (Å²) in [6, 6.07) is 6.09. The molecule has 0 spiro atoms. The second kappa shape index (κ2) is 7.38. The van der Waals surface area contributed by atoms with Gasteiger partial charge in [0.15, 0.2) is 9.84 Å². The van der Waals surface area contributed by atoms with E-state index in [0.29, 0.717) is 10.7 Å². The van der Waals surface area contributed by atoms with Crippen LogP contribution in [0.5, 0.6) is 0 Å². The molecule has 10 heteroatoms. The Morgan fingerprint density at radius 1 is 1.38 bits per heavy atom. The highest BCUT2D eigenvalue weighted by Crippen LogP contribution is 2.22. The minimum atomic E-state index is -3.61. The zero-order valence-electron chi connectivity index (χ0n) is 13.1. The number of sulfone groups is 1. The van der Waals surface area contributed by atoms with Gasteiger partial charge in [-0.15, -0.1) is 0 Å². The Morgan fingerprint density at radius 3 is 2.58 bits per heavy atom. The summed E-state index contributed by atoms with van der Waals surface area (Å²) < 4.78 is 48.1. The van der Waals surface area contributed by atoms with Gasteiger partial charge in [0.2, 0.25) is 15.9 Å². The molecule has 0 bridgehead atoms. The van der Waals surface area contributed by atoms with Gasteiger partial charge in [-0.3, -0.25) is 4.79 Å². The summed E-state index contributed by atoms with van der Waals surface area (Å²) in [5.74, 6) is -0.626. The number of carbonyl (C=O) groups is 1. The average Bonchev–Trinajstić information content (AvgIpc) is 2.80. The maximum atomic E-state index is 12.0. The lowest BCUT2D eigenvalue weighted by atomic mass is 10.2. The van der Waals surface area contributed by atoms with E-state index in [1.54, 1.807) is 24.3 Å². The largest absolute Gasteiger partial charge is 0.325 e. The molecule has 2 rings (SSSR count). The van der Waals surface area contributed by atoms with Gasteiger partial charge in [0.25, 0.3) is 0 Å². The molecule has 1 aliphatic rings. The third-order valence-corrected chi connectivity index (χ3v) is 7.16. The molecule has 1 atom stereocenters. The molecule has 1 N–H and O–H groups in total. The molecule has 0 radical (unpaired) electrons. The fraction of sp³-hybridized carbons (Fsp3) is 0.500. The quantitative estimate of drug-likeness (QED) is 0.779. The highest BCUT2D eigenvalue weighted by molar-refractivity contribution is 7.92. The molecule has 0 aliphatic carbocycles. The van der Waals surface area contributed by atoms with Crippen LogP contribution in [0.1, 0.15) is 12.8 Å². The number of anilines is 1. The van der Waals surface area contributed by atoms with Gasteiger partial charge in [0.1, 0.15) is 0 Å². The van der Waals surface area contributed by atoms with Gasteiger partial charge in [0.05, 0.1) is 28.5 Å². The highest BCUT2D eigenvalue weighted by Gasteiger charge is 2.36. The van der Waals surface area contributed by atoms with E-state index < -0.39 is 31.8 Å². The Bertz CT molecular complexity index is 823.